The second-order valence-electron chi connectivity index (χ2n) is 8.30. The molecule has 6 nitrogen and oxygen atoms in total. The minimum atomic E-state index is -0.423. The van der Waals surface area contributed by atoms with Crippen LogP contribution in [-0.2, 0) is 16.1 Å². The van der Waals surface area contributed by atoms with Gasteiger partial charge in [0.2, 0.25) is 5.91 Å². The van der Waals surface area contributed by atoms with Gasteiger partial charge in [-0.2, -0.15) is 0 Å². The van der Waals surface area contributed by atoms with Gasteiger partial charge in [-0.15, -0.1) is 0 Å². The molecule has 1 heterocycles. The van der Waals surface area contributed by atoms with Crippen molar-refractivity contribution in [3.05, 3.63) is 35.9 Å². The summed E-state index contributed by atoms with van der Waals surface area (Å²) in [4.78, 5) is 27.0. The highest BCUT2D eigenvalue weighted by atomic mass is 16.5. The molecule has 2 N–H and O–H groups in total. The van der Waals surface area contributed by atoms with Gasteiger partial charge < -0.3 is 20.3 Å². The molecule has 0 unspecified atom stereocenters. The zero-order chi connectivity index (χ0) is 21.1. The number of hydrogen-bond donors (Lipinski definition) is 2. The molecule has 0 spiro atoms. The van der Waals surface area contributed by atoms with Crippen LogP contribution in [0.4, 0.5) is 4.79 Å². The molecular formula is C23H37N3O3. The molecule has 1 fully saturated rings. The first-order chi connectivity index (χ1) is 14.0. The molecule has 1 aromatic rings. The lowest BCUT2D eigenvalue weighted by Crippen LogP contribution is -2.49. The van der Waals surface area contributed by atoms with Crippen LogP contribution in [0, 0.1) is 5.92 Å². The maximum Gasteiger partial charge on any atom is 0.407 e. The van der Waals surface area contributed by atoms with Gasteiger partial charge in [-0.1, -0.05) is 57.5 Å². The van der Waals surface area contributed by atoms with Crippen molar-refractivity contribution in [1.29, 1.82) is 0 Å². The van der Waals surface area contributed by atoms with E-state index in [2.05, 4.69) is 31.4 Å². The molecule has 1 aliphatic heterocycles. The Balaban J connectivity index is 1.86. The summed E-state index contributed by atoms with van der Waals surface area (Å²) in [6, 6.07) is 9.51. The predicted molar refractivity (Wildman–Crippen MR) is 116 cm³/mol. The van der Waals surface area contributed by atoms with E-state index in [0.29, 0.717) is 12.5 Å². The highest BCUT2D eigenvalue weighted by Crippen LogP contribution is 2.15. The Kier molecular flexibility index (Phi) is 9.98. The Hall–Kier alpha value is -2.08. The van der Waals surface area contributed by atoms with Gasteiger partial charge >= 0.3 is 6.09 Å². The molecule has 2 atom stereocenters. The molecule has 1 aromatic carbocycles. The predicted octanol–water partition coefficient (Wildman–Crippen LogP) is 3.71. The number of nitrogens with zero attached hydrogens (tertiary/aromatic N) is 1. The molecule has 2 rings (SSSR count). The first-order valence-electron chi connectivity index (χ1n) is 11.0. The standard InChI is InChI=1S/C23H37N3O3/c1-4-5-14-26-15-13-20(25-21(22(26)27)12-11-18(2)3)16-24-23(28)29-17-19-9-7-6-8-10-19/h6-10,18,20-21,25H,4-5,11-17H2,1-3H3,(H,24,28)/t20-,21-/m0/s1. The average Bonchev–Trinajstić information content (AvgIpc) is 2.87. The number of amides is 2. The van der Waals surface area contributed by atoms with Crippen LogP contribution in [0.1, 0.15) is 58.4 Å². The fourth-order valence-electron chi connectivity index (χ4n) is 3.50. The van der Waals surface area contributed by atoms with E-state index in [4.69, 9.17) is 4.74 Å². The lowest BCUT2D eigenvalue weighted by atomic mass is 10.0. The summed E-state index contributed by atoms with van der Waals surface area (Å²) < 4.78 is 5.30. The van der Waals surface area contributed by atoms with Crippen LogP contribution < -0.4 is 10.6 Å². The molecule has 0 aromatic heterocycles. The van der Waals surface area contributed by atoms with Crippen LogP contribution >= 0.6 is 0 Å². The monoisotopic (exact) mass is 403 g/mol. The molecule has 1 aliphatic rings. The first-order valence-corrected chi connectivity index (χ1v) is 11.0. The van der Waals surface area contributed by atoms with Crippen molar-refractivity contribution in [2.24, 2.45) is 5.92 Å². The summed E-state index contributed by atoms with van der Waals surface area (Å²) >= 11 is 0. The SMILES string of the molecule is CCCCN1CC[C@@H](CNC(=O)OCc2ccccc2)N[C@@H](CCC(C)C)C1=O. The third-order valence-corrected chi connectivity index (χ3v) is 5.31. The summed E-state index contributed by atoms with van der Waals surface area (Å²) in [5, 5.41) is 6.35. The van der Waals surface area contributed by atoms with Crippen molar-refractivity contribution in [3.63, 3.8) is 0 Å². The summed E-state index contributed by atoms with van der Waals surface area (Å²) in [5.41, 5.74) is 0.959. The van der Waals surface area contributed by atoms with Gasteiger partial charge in [0.15, 0.2) is 0 Å². The minimum Gasteiger partial charge on any atom is -0.445 e. The Morgan fingerprint density at radius 2 is 2.07 bits per heavy atom. The summed E-state index contributed by atoms with van der Waals surface area (Å²) in [6.45, 7) is 8.76. The second-order valence-corrected chi connectivity index (χ2v) is 8.30. The molecule has 0 saturated carbocycles. The fourth-order valence-corrected chi connectivity index (χ4v) is 3.50. The lowest BCUT2D eigenvalue weighted by molar-refractivity contribution is -0.133. The molecule has 162 valence electrons. The van der Waals surface area contributed by atoms with Crippen molar-refractivity contribution in [3.8, 4) is 0 Å². The summed E-state index contributed by atoms with van der Waals surface area (Å²) in [7, 11) is 0. The van der Waals surface area contributed by atoms with Crippen LogP contribution in [0.3, 0.4) is 0 Å². The van der Waals surface area contributed by atoms with E-state index in [9.17, 15) is 9.59 Å². The van der Waals surface area contributed by atoms with E-state index in [1.165, 1.54) is 0 Å². The number of alkyl carbamates (subject to hydrolysis) is 1. The fraction of sp³-hybridized carbons (Fsp3) is 0.652. The van der Waals surface area contributed by atoms with E-state index in [0.717, 1.165) is 50.8 Å². The van der Waals surface area contributed by atoms with Crippen LogP contribution in [0.5, 0.6) is 0 Å². The largest absolute Gasteiger partial charge is 0.445 e. The van der Waals surface area contributed by atoms with Crippen molar-refractivity contribution in [2.75, 3.05) is 19.6 Å². The highest BCUT2D eigenvalue weighted by Gasteiger charge is 2.30. The minimum absolute atomic E-state index is 0.0621. The molecule has 0 radical (unpaired) electrons. The first kappa shape index (κ1) is 23.2. The summed E-state index contributed by atoms with van der Waals surface area (Å²) in [6.07, 6.45) is 4.34. The molecule has 0 aliphatic carbocycles. The number of carbonyl (C=O) groups excluding carboxylic acids is 2. The quantitative estimate of drug-likeness (QED) is 0.625. The number of nitrogens with one attached hydrogen (secondary N) is 2. The maximum atomic E-state index is 13.0. The van der Waals surface area contributed by atoms with Crippen molar-refractivity contribution in [2.45, 2.75) is 71.6 Å². The van der Waals surface area contributed by atoms with Gasteiger partial charge in [0, 0.05) is 25.7 Å². The molecule has 29 heavy (non-hydrogen) atoms. The van der Waals surface area contributed by atoms with Crippen molar-refractivity contribution in [1.82, 2.24) is 15.5 Å². The van der Waals surface area contributed by atoms with Crippen LogP contribution in [0.15, 0.2) is 30.3 Å². The van der Waals surface area contributed by atoms with Crippen molar-refractivity contribution >= 4 is 12.0 Å². The number of rotatable bonds is 10. The molecule has 0 bridgehead atoms. The smallest absolute Gasteiger partial charge is 0.407 e. The highest BCUT2D eigenvalue weighted by molar-refractivity contribution is 5.82. The van der Waals surface area contributed by atoms with Gasteiger partial charge in [0.05, 0.1) is 6.04 Å². The van der Waals surface area contributed by atoms with Gasteiger partial charge in [-0.25, -0.2) is 4.79 Å². The number of carbonyl (C=O) groups is 2. The Morgan fingerprint density at radius 1 is 1.31 bits per heavy atom. The Labute approximate surface area is 175 Å². The molecule has 1 saturated heterocycles. The van der Waals surface area contributed by atoms with E-state index >= 15 is 0 Å². The Bertz CT molecular complexity index is 621. The van der Waals surface area contributed by atoms with E-state index in [1.54, 1.807) is 0 Å². The summed E-state index contributed by atoms with van der Waals surface area (Å²) in [5.74, 6) is 0.759. The average molecular weight is 404 g/mol. The number of unbranched alkanes of at least 4 members (excludes halogenated alkanes) is 1. The zero-order valence-electron chi connectivity index (χ0n) is 18.2. The van der Waals surface area contributed by atoms with Gasteiger partial charge in [-0.3, -0.25) is 4.79 Å². The van der Waals surface area contributed by atoms with Crippen LogP contribution in [-0.4, -0.2) is 48.6 Å². The number of ether oxygens (including phenoxy) is 1. The maximum absolute atomic E-state index is 13.0. The van der Waals surface area contributed by atoms with Crippen molar-refractivity contribution < 1.29 is 14.3 Å². The van der Waals surface area contributed by atoms with E-state index in [-0.39, 0.29) is 24.6 Å². The van der Waals surface area contributed by atoms with Gasteiger partial charge in [0.25, 0.3) is 0 Å². The zero-order valence-corrected chi connectivity index (χ0v) is 18.2. The molecule has 6 heteroatoms. The molecular weight excluding hydrogens is 366 g/mol. The Morgan fingerprint density at radius 3 is 2.76 bits per heavy atom. The van der Waals surface area contributed by atoms with E-state index in [1.807, 2.05) is 35.2 Å². The number of hydrogen-bond acceptors (Lipinski definition) is 4. The lowest BCUT2D eigenvalue weighted by Gasteiger charge is -2.25. The van der Waals surface area contributed by atoms with E-state index < -0.39 is 6.09 Å². The third-order valence-electron chi connectivity index (χ3n) is 5.31. The van der Waals surface area contributed by atoms with Gasteiger partial charge in [-0.05, 0) is 37.2 Å². The normalized spacial score (nSPS) is 19.9. The number of benzene rings is 1. The van der Waals surface area contributed by atoms with Crippen LogP contribution in [0.25, 0.3) is 0 Å². The van der Waals surface area contributed by atoms with Crippen LogP contribution in [0.2, 0.25) is 0 Å². The second kappa shape index (κ2) is 12.5. The third kappa shape index (κ3) is 8.44. The molecule has 2 amide bonds. The van der Waals surface area contributed by atoms with Gasteiger partial charge in [0.1, 0.15) is 6.61 Å². The topological polar surface area (TPSA) is 70.7 Å².